The van der Waals surface area contributed by atoms with E-state index >= 15 is 0 Å². The number of carboxylic acid groups (broad SMARTS) is 1. The molecule has 7 nitrogen and oxygen atoms in total. The molecule has 0 aliphatic carbocycles. The SMILES string of the molecule is Cn1nc2c(F)c(Nc3ccc(Br)cc3F)c(C(=O)O)nc2c1N. The number of hydrogen-bond donors (Lipinski definition) is 3. The zero-order valence-corrected chi connectivity index (χ0v) is 13.7. The fourth-order valence-electron chi connectivity index (χ4n) is 2.17. The molecule has 1 aromatic carbocycles. The number of aromatic carboxylic acids is 1. The van der Waals surface area contributed by atoms with Gasteiger partial charge in [-0.05, 0) is 18.2 Å². The van der Waals surface area contributed by atoms with Crippen molar-refractivity contribution in [2.24, 2.45) is 7.05 Å². The second-order valence-electron chi connectivity index (χ2n) is 4.91. The van der Waals surface area contributed by atoms with Crippen molar-refractivity contribution in [1.82, 2.24) is 14.8 Å². The molecule has 0 unspecified atom stereocenters. The van der Waals surface area contributed by atoms with Gasteiger partial charge in [-0.1, -0.05) is 15.9 Å². The lowest BCUT2D eigenvalue weighted by Crippen LogP contribution is -2.09. The van der Waals surface area contributed by atoms with Crippen molar-refractivity contribution < 1.29 is 18.7 Å². The lowest BCUT2D eigenvalue weighted by molar-refractivity contribution is 0.0691. The molecule has 3 aromatic rings. The number of halogens is 3. The number of nitrogens with two attached hydrogens (primary N) is 1. The van der Waals surface area contributed by atoms with Crippen LogP contribution in [0, 0.1) is 11.6 Å². The molecule has 0 fully saturated rings. The second kappa shape index (κ2) is 5.71. The summed E-state index contributed by atoms with van der Waals surface area (Å²) in [7, 11) is 1.47. The summed E-state index contributed by atoms with van der Waals surface area (Å²) in [6, 6.07) is 4.02. The number of benzene rings is 1. The molecule has 124 valence electrons. The molecule has 0 bridgehead atoms. The molecule has 0 saturated heterocycles. The Morgan fingerprint density at radius 1 is 1.38 bits per heavy atom. The minimum absolute atomic E-state index is 0.0211. The van der Waals surface area contributed by atoms with E-state index in [0.29, 0.717) is 4.47 Å². The number of aromatic nitrogens is 3. The summed E-state index contributed by atoms with van der Waals surface area (Å²) in [4.78, 5) is 15.3. The van der Waals surface area contributed by atoms with Crippen LogP contribution in [0.5, 0.6) is 0 Å². The summed E-state index contributed by atoms with van der Waals surface area (Å²) in [5.41, 5.74) is 4.21. The van der Waals surface area contributed by atoms with Gasteiger partial charge in [0, 0.05) is 11.5 Å². The van der Waals surface area contributed by atoms with Crippen molar-refractivity contribution in [3.05, 3.63) is 40.0 Å². The highest BCUT2D eigenvalue weighted by Gasteiger charge is 2.24. The fraction of sp³-hybridized carbons (Fsp3) is 0.0714. The van der Waals surface area contributed by atoms with Gasteiger partial charge in [-0.15, -0.1) is 0 Å². The zero-order valence-electron chi connectivity index (χ0n) is 12.1. The molecule has 4 N–H and O–H groups in total. The van der Waals surface area contributed by atoms with Crippen molar-refractivity contribution in [2.75, 3.05) is 11.1 Å². The number of hydrogen-bond acceptors (Lipinski definition) is 5. The average Bonchev–Trinajstić information content (AvgIpc) is 2.80. The standard InChI is InChI=1S/C14H10BrF2N5O2/c1-22-13(18)11-10(21-22)8(17)9(12(20-11)14(23)24)19-7-3-2-5(15)4-6(7)16/h2-4,19H,18H2,1H3,(H,23,24). The van der Waals surface area contributed by atoms with Crippen molar-refractivity contribution >= 4 is 50.1 Å². The van der Waals surface area contributed by atoms with E-state index < -0.39 is 29.0 Å². The molecule has 0 aliphatic heterocycles. The first kappa shape index (κ1) is 16.1. The van der Waals surface area contributed by atoms with Crippen LogP contribution in [0.2, 0.25) is 0 Å². The van der Waals surface area contributed by atoms with Crippen LogP contribution in [0.3, 0.4) is 0 Å². The Morgan fingerprint density at radius 3 is 2.71 bits per heavy atom. The first-order valence-corrected chi connectivity index (χ1v) is 7.36. The summed E-state index contributed by atoms with van der Waals surface area (Å²) in [5.74, 6) is -3.14. The van der Waals surface area contributed by atoms with Crippen LogP contribution in [-0.2, 0) is 7.05 Å². The number of nitrogens with zero attached hydrogens (tertiary/aromatic N) is 3. The Morgan fingerprint density at radius 2 is 2.08 bits per heavy atom. The Bertz CT molecular complexity index is 989. The van der Waals surface area contributed by atoms with Gasteiger partial charge in [-0.2, -0.15) is 5.10 Å². The highest BCUT2D eigenvalue weighted by molar-refractivity contribution is 9.10. The third-order valence-electron chi connectivity index (χ3n) is 3.35. The topological polar surface area (TPSA) is 106 Å². The molecule has 24 heavy (non-hydrogen) atoms. The minimum Gasteiger partial charge on any atom is -0.476 e. The van der Waals surface area contributed by atoms with E-state index in [4.69, 9.17) is 5.73 Å². The van der Waals surface area contributed by atoms with Gasteiger partial charge < -0.3 is 16.2 Å². The lowest BCUT2D eigenvalue weighted by atomic mass is 10.2. The number of nitrogen functional groups attached to an aromatic ring is 1. The van der Waals surface area contributed by atoms with Gasteiger partial charge in [0.2, 0.25) is 0 Å². The van der Waals surface area contributed by atoms with Crippen LogP contribution in [-0.4, -0.2) is 25.8 Å². The van der Waals surface area contributed by atoms with E-state index in [2.05, 4.69) is 31.3 Å². The van der Waals surface area contributed by atoms with E-state index in [1.54, 1.807) is 0 Å². The molecule has 0 amide bonds. The van der Waals surface area contributed by atoms with Crippen LogP contribution < -0.4 is 11.1 Å². The average molecular weight is 398 g/mol. The minimum atomic E-state index is -1.49. The van der Waals surface area contributed by atoms with Crippen molar-refractivity contribution in [2.45, 2.75) is 0 Å². The third-order valence-corrected chi connectivity index (χ3v) is 3.84. The highest BCUT2D eigenvalue weighted by Crippen LogP contribution is 2.32. The first-order chi connectivity index (χ1) is 11.3. The number of carboxylic acids is 1. The van der Waals surface area contributed by atoms with E-state index in [0.717, 1.165) is 6.07 Å². The van der Waals surface area contributed by atoms with Crippen molar-refractivity contribution in [3.63, 3.8) is 0 Å². The van der Waals surface area contributed by atoms with Crippen molar-refractivity contribution in [3.8, 4) is 0 Å². The number of carbonyl (C=O) groups is 1. The third kappa shape index (κ3) is 2.54. The first-order valence-electron chi connectivity index (χ1n) is 6.56. The molecule has 0 atom stereocenters. The van der Waals surface area contributed by atoms with Crippen LogP contribution in [0.4, 0.5) is 26.0 Å². The van der Waals surface area contributed by atoms with Gasteiger partial charge in [-0.3, -0.25) is 4.68 Å². The predicted octanol–water partition coefficient (Wildman–Crippen LogP) is 3.03. The lowest BCUT2D eigenvalue weighted by Gasteiger charge is -2.11. The molecule has 0 radical (unpaired) electrons. The van der Waals surface area contributed by atoms with E-state index in [-0.39, 0.29) is 22.5 Å². The molecule has 0 saturated carbocycles. The van der Waals surface area contributed by atoms with Gasteiger partial charge in [-0.25, -0.2) is 18.6 Å². The van der Waals surface area contributed by atoms with Crippen LogP contribution in [0.1, 0.15) is 10.5 Å². The maximum absolute atomic E-state index is 14.8. The summed E-state index contributed by atoms with van der Waals surface area (Å²) in [6.45, 7) is 0. The number of nitrogens with one attached hydrogen (secondary N) is 1. The molecule has 10 heteroatoms. The Kier molecular flexibility index (Phi) is 3.84. The smallest absolute Gasteiger partial charge is 0.356 e. The van der Waals surface area contributed by atoms with Crippen LogP contribution in [0.25, 0.3) is 11.0 Å². The van der Waals surface area contributed by atoms with E-state index in [9.17, 15) is 18.7 Å². The van der Waals surface area contributed by atoms with Gasteiger partial charge in [0.05, 0.1) is 5.69 Å². The number of pyridine rings is 1. The monoisotopic (exact) mass is 397 g/mol. The Hall–Kier alpha value is -2.75. The molecule has 2 aromatic heterocycles. The largest absolute Gasteiger partial charge is 0.476 e. The summed E-state index contributed by atoms with van der Waals surface area (Å²) < 4.78 is 30.4. The Balaban J connectivity index is 2.24. The quantitative estimate of drug-likeness (QED) is 0.626. The van der Waals surface area contributed by atoms with Crippen molar-refractivity contribution in [1.29, 1.82) is 0 Å². The molecule has 0 spiro atoms. The number of anilines is 3. The highest BCUT2D eigenvalue weighted by atomic mass is 79.9. The molecular weight excluding hydrogens is 388 g/mol. The zero-order chi connectivity index (χ0) is 17.6. The molecular formula is C14H10BrF2N5O2. The summed E-state index contributed by atoms with van der Waals surface area (Å²) in [5, 5.41) is 15.6. The van der Waals surface area contributed by atoms with Crippen LogP contribution in [0.15, 0.2) is 22.7 Å². The normalized spacial score (nSPS) is 11.0. The number of rotatable bonds is 3. The molecule has 3 rings (SSSR count). The molecule has 0 aliphatic rings. The summed E-state index contributed by atoms with van der Waals surface area (Å²) >= 11 is 3.10. The van der Waals surface area contributed by atoms with Gasteiger partial charge >= 0.3 is 5.97 Å². The number of aryl methyl sites for hydroxylation is 1. The maximum Gasteiger partial charge on any atom is 0.356 e. The fourth-order valence-corrected chi connectivity index (χ4v) is 2.50. The van der Waals surface area contributed by atoms with E-state index in [1.807, 2.05) is 0 Å². The predicted molar refractivity (Wildman–Crippen MR) is 87.2 cm³/mol. The van der Waals surface area contributed by atoms with Gasteiger partial charge in [0.1, 0.15) is 22.8 Å². The summed E-state index contributed by atoms with van der Waals surface area (Å²) in [6.07, 6.45) is 0. The van der Waals surface area contributed by atoms with Gasteiger partial charge in [0.15, 0.2) is 17.0 Å². The second-order valence-corrected chi connectivity index (χ2v) is 5.83. The van der Waals surface area contributed by atoms with Gasteiger partial charge in [0.25, 0.3) is 0 Å². The molecule has 2 heterocycles. The van der Waals surface area contributed by atoms with E-state index in [1.165, 1.54) is 23.9 Å². The maximum atomic E-state index is 14.8. The number of fused-ring (bicyclic) bond motifs is 1. The Labute approximate surface area is 142 Å². The van der Waals surface area contributed by atoms with Crippen LogP contribution >= 0.6 is 15.9 Å².